The molecule has 0 radical (unpaired) electrons. The van der Waals surface area contributed by atoms with E-state index < -0.39 is 41.9 Å². The van der Waals surface area contributed by atoms with Crippen LogP contribution < -0.4 is 17.2 Å². The van der Waals surface area contributed by atoms with Gasteiger partial charge in [-0.1, -0.05) is 0 Å². The summed E-state index contributed by atoms with van der Waals surface area (Å²) in [5.41, 5.74) is 14.4. The quantitative estimate of drug-likeness (QED) is 0.134. The molecule has 0 saturated heterocycles. The Morgan fingerprint density at radius 3 is 1.82 bits per heavy atom. The van der Waals surface area contributed by atoms with Crippen molar-refractivity contribution in [2.45, 2.75) is 25.6 Å². The molecule has 0 aromatic heterocycles. The summed E-state index contributed by atoms with van der Waals surface area (Å²) in [5, 5.41) is 11.1. The highest BCUT2D eigenvalue weighted by Gasteiger charge is 2.52. The fourth-order valence-corrected chi connectivity index (χ4v) is 6.13. The number of anilines is 2. The van der Waals surface area contributed by atoms with Crippen LogP contribution in [0.2, 0.25) is 0 Å². The number of Topliss-reactive ketones (excluding diaryl/α,β-unsaturated/α-hetero) is 1. The van der Waals surface area contributed by atoms with Crippen molar-refractivity contribution in [1.29, 1.82) is 0 Å². The molecule has 2 atom stereocenters. The van der Waals surface area contributed by atoms with Crippen molar-refractivity contribution in [3.8, 4) is 0 Å². The molecule has 1 rings (SSSR count). The van der Waals surface area contributed by atoms with Crippen LogP contribution in [0.3, 0.4) is 0 Å². The highest BCUT2D eigenvalue weighted by molar-refractivity contribution is 14.1. The molecule has 2 unspecified atom stereocenters. The predicted molar refractivity (Wildman–Crippen MR) is 124 cm³/mol. The number of ketones is 1. The third-order valence-electron chi connectivity index (χ3n) is 3.50. The van der Waals surface area contributed by atoms with E-state index in [1.165, 1.54) is 0 Å². The SMILES string of the molecule is CC(=O)OCC(OC(C)=O)C(=O)C(O)(C(N)=O)c1c(I)c(N)c(I)c(N)c1I. The van der Waals surface area contributed by atoms with Gasteiger partial charge in [0.1, 0.15) is 6.61 Å². The number of esters is 2. The van der Waals surface area contributed by atoms with Crippen molar-refractivity contribution in [2.24, 2.45) is 5.73 Å². The van der Waals surface area contributed by atoms with Crippen LogP contribution in [0.1, 0.15) is 19.4 Å². The van der Waals surface area contributed by atoms with Gasteiger partial charge in [-0.3, -0.25) is 19.2 Å². The van der Waals surface area contributed by atoms with Crippen molar-refractivity contribution in [2.75, 3.05) is 18.1 Å². The average Bonchev–Trinajstić information content (AvgIpc) is 2.60. The van der Waals surface area contributed by atoms with E-state index in [9.17, 15) is 24.3 Å². The topological polar surface area (TPSA) is 185 Å². The number of nitrogen functional groups attached to an aromatic ring is 2. The number of hydrogen-bond acceptors (Lipinski definition) is 9. The second kappa shape index (κ2) is 9.70. The number of amides is 1. The number of aliphatic hydroxyl groups is 1. The summed E-state index contributed by atoms with van der Waals surface area (Å²) < 4.78 is 10.4. The van der Waals surface area contributed by atoms with Gasteiger partial charge in [-0.2, -0.15) is 0 Å². The first-order valence-corrected chi connectivity index (χ1v) is 10.6. The highest BCUT2D eigenvalue weighted by atomic mass is 127. The zero-order valence-corrected chi connectivity index (χ0v) is 21.0. The maximum atomic E-state index is 13.1. The molecule has 0 bridgehead atoms. The van der Waals surface area contributed by atoms with E-state index in [1.54, 1.807) is 45.2 Å². The number of carbonyl (C=O) groups is 4. The molecule has 7 N–H and O–H groups in total. The number of ether oxygens (including phenoxy) is 2. The number of nitrogens with two attached hydrogens (primary N) is 3. The summed E-state index contributed by atoms with van der Waals surface area (Å²) in [6.07, 6.45) is -1.78. The molecule has 1 amide bonds. The molecule has 10 nitrogen and oxygen atoms in total. The molecule has 0 aliphatic heterocycles. The van der Waals surface area contributed by atoms with Crippen LogP contribution in [0.25, 0.3) is 0 Å². The lowest BCUT2D eigenvalue weighted by atomic mass is 9.85. The number of halogens is 3. The monoisotopic (exact) mass is 731 g/mol. The third kappa shape index (κ3) is 4.96. The van der Waals surface area contributed by atoms with E-state index in [1.807, 2.05) is 22.6 Å². The Labute approximate surface area is 200 Å². The molecule has 154 valence electrons. The maximum absolute atomic E-state index is 13.1. The number of benzene rings is 1. The fraction of sp³-hybridized carbons (Fsp3) is 0.333. The van der Waals surface area contributed by atoms with E-state index >= 15 is 0 Å². The zero-order valence-electron chi connectivity index (χ0n) is 14.5. The van der Waals surface area contributed by atoms with Gasteiger partial charge in [0.2, 0.25) is 11.4 Å². The first-order valence-electron chi connectivity index (χ1n) is 7.35. The fourth-order valence-electron chi connectivity index (χ4n) is 2.18. The number of rotatable bonds is 7. The van der Waals surface area contributed by atoms with Crippen LogP contribution in [-0.2, 0) is 34.3 Å². The Hall–Kier alpha value is -0.950. The van der Waals surface area contributed by atoms with Crippen LogP contribution in [0.5, 0.6) is 0 Å². The summed E-state index contributed by atoms with van der Waals surface area (Å²) in [4.78, 5) is 47.7. The van der Waals surface area contributed by atoms with Gasteiger partial charge < -0.3 is 31.8 Å². The van der Waals surface area contributed by atoms with E-state index in [0.29, 0.717) is 3.57 Å². The van der Waals surface area contributed by atoms with Crippen molar-refractivity contribution in [1.82, 2.24) is 0 Å². The summed E-state index contributed by atoms with van der Waals surface area (Å²) in [6.45, 7) is 1.36. The van der Waals surface area contributed by atoms with Crippen LogP contribution in [0.15, 0.2) is 0 Å². The molecule has 0 heterocycles. The van der Waals surface area contributed by atoms with Crippen molar-refractivity contribution in [3.05, 3.63) is 16.3 Å². The first kappa shape index (κ1) is 25.1. The molecule has 0 spiro atoms. The Kier molecular flexibility index (Phi) is 8.69. The largest absolute Gasteiger partial charge is 0.461 e. The zero-order chi connectivity index (χ0) is 22.0. The number of hydrogen-bond donors (Lipinski definition) is 4. The molecule has 0 aliphatic rings. The first-order chi connectivity index (χ1) is 12.8. The van der Waals surface area contributed by atoms with E-state index in [4.69, 9.17) is 26.7 Å². The summed E-state index contributed by atoms with van der Waals surface area (Å²) >= 11 is 5.37. The van der Waals surface area contributed by atoms with Gasteiger partial charge in [-0.05, 0) is 67.8 Å². The van der Waals surface area contributed by atoms with Gasteiger partial charge in [-0.25, -0.2) is 0 Å². The number of primary amides is 1. The Bertz CT molecular complexity index is 833. The van der Waals surface area contributed by atoms with Gasteiger partial charge >= 0.3 is 11.9 Å². The van der Waals surface area contributed by atoms with Gasteiger partial charge in [0.15, 0.2) is 6.10 Å². The van der Waals surface area contributed by atoms with Gasteiger partial charge in [0.25, 0.3) is 5.91 Å². The van der Waals surface area contributed by atoms with E-state index in [2.05, 4.69) is 0 Å². The third-order valence-corrected chi connectivity index (χ3v) is 6.90. The van der Waals surface area contributed by atoms with Crippen LogP contribution in [0.4, 0.5) is 11.4 Å². The maximum Gasteiger partial charge on any atom is 0.303 e. The molecule has 1 aromatic rings. The lowest BCUT2D eigenvalue weighted by Crippen LogP contribution is -2.55. The van der Waals surface area contributed by atoms with Gasteiger partial charge in [0, 0.05) is 26.6 Å². The Morgan fingerprint density at radius 1 is 1.00 bits per heavy atom. The van der Waals surface area contributed by atoms with Gasteiger partial charge in [-0.15, -0.1) is 0 Å². The van der Waals surface area contributed by atoms with E-state index in [0.717, 1.165) is 13.8 Å². The standard InChI is InChI=1S/C15H16I3N3O7/c1-4(22)27-3-6(28-5(2)23)13(24)15(26,14(21)25)7-8(16)11(19)10(18)12(20)9(7)17/h6,26H,3,19-20H2,1-2H3,(H2,21,25). The smallest absolute Gasteiger partial charge is 0.303 e. The summed E-state index contributed by atoms with van der Waals surface area (Å²) in [7, 11) is 0. The number of carbonyl (C=O) groups excluding carboxylic acids is 4. The molecule has 28 heavy (non-hydrogen) atoms. The predicted octanol–water partition coefficient (Wildman–Crippen LogP) is 0.402. The van der Waals surface area contributed by atoms with Crippen molar-refractivity contribution >= 4 is 103 Å². The summed E-state index contributed by atoms with van der Waals surface area (Å²) in [5.74, 6) is -4.40. The van der Waals surface area contributed by atoms with Crippen LogP contribution in [-0.4, -0.2) is 41.4 Å². The van der Waals surface area contributed by atoms with Gasteiger partial charge in [0.05, 0.1) is 14.9 Å². The lowest BCUT2D eigenvalue weighted by molar-refractivity contribution is -0.171. The molecular formula is C15H16I3N3O7. The molecule has 0 aliphatic carbocycles. The van der Waals surface area contributed by atoms with Crippen molar-refractivity contribution in [3.63, 3.8) is 0 Å². The van der Waals surface area contributed by atoms with E-state index in [-0.39, 0.29) is 24.1 Å². The van der Waals surface area contributed by atoms with Crippen LogP contribution >= 0.6 is 67.8 Å². The molecule has 0 fully saturated rings. The Morgan fingerprint density at radius 2 is 1.46 bits per heavy atom. The minimum absolute atomic E-state index is 0.130. The molecular weight excluding hydrogens is 715 g/mol. The Balaban J connectivity index is 3.69. The minimum Gasteiger partial charge on any atom is -0.461 e. The minimum atomic E-state index is -2.94. The average molecular weight is 731 g/mol. The molecule has 1 aromatic carbocycles. The molecule has 13 heteroatoms. The summed E-state index contributed by atoms with van der Waals surface area (Å²) in [6, 6.07) is 0. The van der Waals surface area contributed by atoms with Crippen LogP contribution in [0, 0.1) is 10.7 Å². The van der Waals surface area contributed by atoms with Crippen molar-refractivity contribution < 1.29 is 33.8 Å². The normalized spacial score (nSPS) is 13.9. The second-order valence-corrected chi connectivity index (χ2v) is 8.72. The lowest BCUT2D eigenvalue weighted by Gasteiger charge is -2.30. The second-order valence-electron chi connectivity index (χ2n) is 5.48. The molecule has 0 saturated carbocycles. The highest BCUT2D eigenvalue weighted by Crippen LogP contribution is 2.41.